The fraction of sp³-hybridized carbons (Fsp3) is 0.125. The molecular formula is C16H12Cl3NO4. The van der Waals surface area contributed by atoms with Crippen LogP contribution in [0.25, 0.3) is 0 Å². The van der Waals surface area contributed by atoms with Crippen molar-refractivity contribution in [2.24, 2.45) is 0 Å². The minimum atomic E-state index is -0.683. The number of anilines is 1. The first-order valence-corrected chi connectivity index (χ1v) is 7.86. The third kappa shape index (κ3) is 5.92. The van der Waals surface area contributed by atoms with Gasteiger partial charge in [-0.15, -0.1) is 0 Å². The molecule has 0 heterocycles. The van der Waals surface area contributed by atoms with Crippen molar-refractivity contribution >= 4 is 52.4 Å². The van der Waals surface area contributed by atoms with Crippen LogP contribution in [0.4, 0.5) is 5.69 Å². The quantitative estimate of drug-likeness (QED) is 0.753. The highest BCUT2D eigenvalue weighted by Gasteiger charge is 2.10. The van der Waals surface area contributed by atoms with E-state index in [9.17, 15) is 9.59 Å². The Balaban J connectivity index is 1.75. The number of hydrogen-bond acceptors (Lipinski definition) is 4. The lowest BCUT2D eigenvalue weighted by atomic mass is 10.3. The first-order valence-electron chi connectivity index (χ1n) is 6.73. The van der Waals surface area contributed by atoms with E-state index < -0.39 is 18.5 Å². The molecule has 0 radical (unpaired) electrons. The van der Waals surface area contributed by atoms with Gasteiger partial charge in [0.15, 0.2) is 13.2 Å². The molecule has 2 rings (SSSR count). The Morgan fingerprint density at radius 1 is 0.917 bits per heavy atom. The van der Waals surface area contributed by atoms with Gasteiger partial charge in [0.2, 0.25) is 0 Å². The number of ether oxygens (including phenoxy) is 2. The lowest BCUT2D eigenvalue weighted by molar-refractivity contribution is -0.149. The molecule has 1 N–H and O–H groups in total. The highest BCUT2D eigenvalue weighted by Crippen LogP contribution is 2.25. The molecule has 0 atom stereocenters. The number of carbonyl (C=O) groups excluding carboxylic acids is 2. The zero-order valence-corrected chi connectivity index (χ0v) is 14.5. The normalized spacial score (nSPS) is 10.1. The van der Waals surface area contributed by atoms with Gasteiger partial charge in [0.25, 0.3) is 5.91 Å². The summed E-state index contributed by atoms with van der Waals surface area (Å²) in [6.45, 7) is -0.793. The summed E-state index contributed by atoms with van der Waals surface area (Å²) in [5.41, 5.74) is 0.336. The van der Waals surface area contributed by atoms with Gasteiger partial charge >= 0.3 is 5.97 Å². The molecule has 0 unspecified atom stereocenters. The summed E-state index contributed by atoms with van der Waals surface area (Å²) < 4.78 is 10.0. The van der Waals surface area contributed by atoms with Gasteiger partial charge in [-0.05, 0) is 42.5 Å². The Labute approximate surface area is 153 Å². The number of nitrogens with one attached hydrogen (secondary N) is 1. The van der Waals surface area contributed by atoms with E-state index >= 15 is 0 Å². The van der Waals surface area contributed by atoms with E-state index in [1.807, 2.05) is 0 Å². The Morgan fingerprint density at radius 3 is 2.29 bits per heavy atom. The summed E-state index contributed by atoms with van der Waals surface area (Å²) in [5, 5.41) is 3.80. The summed E-state index contributed by atoms with van der Waals surface area (Å²) in [6, 6.07) is 11.1. The van der Waals surface area contributed by atoms with E-state index in [0.29, 0.717) is 26.5 Å². The molecule has 0 aromatic heterocycles. The number of benzene rings is 2. The maximum atomic E-state index is 11.7. The van der Waals surface area contributed by atoms with Crippen LogP contribution in [0.2, 0.25) is 15.1 Å². The van der Waals surface area contributed by atoms with Gasteiger partial charge in [0.1, 0.15) is 5.75 Å². The van der Waals surface area contributed by atoms with Crippen molar-refractivity contribution in [3.8, 4) is 5.75 Å². The fourth-order valence-electron chi connectivity index (χ4n) is 1.64. The molecule has 5 nitrogen and oxygen atoms in total. The Kier molecular flexibility index (Phi) is 6.73. The second kappa shape index (κ2) is 8.78. The largest absolute Gasteiger partial charge is 0.482 e. The van der Waals surface area contributed by atoms with Crippen molar-refractivity contribution in [2.75, 3.05) is 18.5 Å². The van der Waals surface area contributed by atoms with Gasteiger partial charge in [0.05, 0.1) is 10.7 Å². The third-order valence-electron chi connectivity index (χ3n) is 2.74. The van der Waals surface area contributed by atoms with Gasteiger partial charge < -0.3 is 14.8 Å². The van der Waals surface area contributed by atoms with E-state index in [-0.39, 0.29) is 6.61 Å². The van der Waals surface area contributed by atoms with E-state index in [1.54, 1.807) is 36.4 Å². The maximum absolute atomic E-state index is 11.7. The van der Waals surface area contributed by atoms with Gasteiger partial charge in [-0.3, -0.25) is 4.79 Å². The van der Waals surface area contributed by atoms with Crippen LogP contribution >= 0.6 is 34.8 Å². The molecule has 0 bridgehead atoms. The minimum absolute atomic E-state index is 0.324. The van der Waals surface area contributed by atoms with Crippen molar-refractivity contribution in [1.29, 1.82) is 0 Å². The summed E-state index contributed by atoms with van der Waals surface area (Å²) >= 11 is 17.5. The highest BCUT2D eigenvalue weighted by molar-refractivity contribution is 6.35. The summed E-state index contributed by atoms with van der Waals surface area (Å²) in [4.78, 5) is 23.3. The molecule has 24 heavy (non-hydrogen) atoms. The zero-order chi connectivity index (χ0) is 17.5. The third-order valence-corrected chi connectivity index (χ3v) is 3.55. The molecule has 0 saturated carbocycles. The van der Waals surface area contributed by atoms with Gasteiger partial charge in [-0.25, -0.2) is 4.79 Å². The molecule has 0 saturated heterocycles. The van der Waals surface area contributed by atoms with E-state index in [1.165, 1.54) is 6.07 Å². The van der Waals surface area contributed by atoms with Crippen LogP contribution in [0.15, 0.2) is 42.5 Å². The second-order valence-corrected chi connectivity index (χ2v) is 5.86. The molecule has 2 aromatic carbocycles. The van der Waals surface area contributed by atoms with Crippen LogP contribution in [-0.2, 0) is 14.3 Å². The number of rotatable bonds is 6. The Hall–Kier alpha value is -1.95. The van der Waals surface area contributed by atoms with Crippen LogP contribution in [-0.4, -0.2) is 25.1 Å². The van der Waals surface area contributed by atoms with Gasteiger partial charge in [-0.2, -0.15) is 0 Å². The summed E-state index contributed by atoms with van der Waals surface area (Å²) in [6.07, 6.45) is 0. The number of esters is 1. The van der Waals surface area contributed by atoms with E-state index in [2.05, 4.69) is 5.32 Å². The highest BCUT2D eigenvalue weighted by atomic mass is 35.5. The van der Waals surface area contributed by atoms with E-state index in [4.69, 9.17) is 44.3 Å². The summed E-state index contributed by atoms with van der Waals surface area (Å²) in [5.74, 6) is -0.761. The van der Waals surface area contributed by atoms with Crippen LogP contribution in [0, 0.1) is 0 Å². The number of carbonyl (C=O) groups is 2. The fourth-order valence-corrected chi connectivity index (χ4v) is 2.10. The smallest absolute Gasteiger partial charge is 0.344 e. The molecule has 0 aliphatic carbocycles. The molecule has 0 spiro atoms. The average molecular weight is 389 g/mol. The summed E-state index contributed by atoms with van der Waals surface area (Å²) in [7, 11) is 0. The monoisotopic (exact) mass is 387 g/mol. The van der Waals surface area contributed by atoms with Crippen molar-refractivity contribution < 1.29 is 19.1 Å². The minimum Gasteiger partial charge on any atom is -0.482 e. The topological polar surface area (TPSA) is 64.6 Å². The van der Waals surface area contributed by atoms with Crippen LogP contribution < -0.4 is 10.1 Å². The van der Waals surface area contributed by atoms with Crippen molar-refractivity contribution in [3.63, 3.8) is 0 Å². The lowest BCUT2D eigenvalue weighted by Gasteiger charge is -2.09. The molecule has 0 aliphatic heterocycles. The Bertz CT molecular complexity index is 735. The SMILES string of the molecule is O=C(COC(=O)COc1ccc(Cl)cc1)Nc1cc(Cl)ccc1Cl. The van der Waals surface area contributed by atoms with Crippen LogP contribution in [0.3, 0.4) is 0 Å². The molecule has 8 heteroatoms. The van der Waals surface area contributed by atoms with Crippen molar-refractivity contribution in [3.05, 3.63) is 57.5 Å². The van der Waals surface area contributed by atoms with Gasteiger partial charge in [-0.1, -0.05) is 34.8 Å². The van der Waals surface area contributed by atoms with Crippen LogP contribution in [0.5, 0.6) is 5.75 Å². The second-order valence-electron chi connectivity index (χ2n) is 4.58. The molecule has 126 valence electrons. The van der Waals surface area contributed by atoms with E-state index in [0.717, 1.165) is 0 Å². The standard InChI is InChI=1S/C16H12Cl3NO4/c17-10-1-4-12(5-2-10)23-9-16(22)24-8-15(21)20-14-7-11(18)3-6-13(14)19/h1-7H,8-9H2,(H,20,21). The molecular weight excluding hydrogens is 377 g/mol. The van der Waals surface area contributed by atoms with Crippen molar-refractivity contribution in [2.45, 2.75) is 0 Å². The van der Waals surface area contributed by atoms with Crippen molar-refractivity contribution in [1.82, 2.24) is 0 Å². The molecule has 1 amide bonds. The zero-order valence-electron chi connectivity index (χ0n) is 12.2. The predicted molar refractivity (Wildman–Crippen MR) is 93.0 cm³/mol. The first-order chi connectivity index (χ1) is 11.4. The lowest BCUT2D eigenvalue weighted by Crippen LogP contribution is -2.23. The predicted octanol–water partition coefficient (Wildman–Crippen LogP) is 4.21. The Morgan fingerprint density at radius 2 is 1.58 bits per heavy atom. The molecule has 0 fully saturated rings. The average Bonchev–Trinajstić information content (AvgIpc) is 2.56. The van der Waals surface area contributed by atoms with Crippen LogP contribution in [0.1, 0.15) is 0 Å². The molecule has 0 aliphatic rings. The van der Waals surface area contributed by atoms with Gasteiger partial charge in [0, 0.05) is 10.0 Å². The first kappa shape index (κ1) is 18.4. The molecule has 2 aromatic rings. The number of amides is 1. The maximum Gasteiger partial charge on any atom is 0.344 e. The number of halogens is 3. The number of hydrogen-bond donors (Lipinski definition) is 1.